The number of ether oxygens (including phenoxy) is 1. The zero-order chi connectivity index (χ0) is 23.1. The van der Waals surface area contributed by atoms with E-state index < -0.39 is 28.0 Å². The molecule has 3 aromatic rings. The van der Waals surface area contributed by atoms with Gasteiger partial charge in [0.2, 0.25) is 10.0 Å². The van der Waals surface area contributed by atoms with Crippen molar-refractivity contribution in [2.24, 2.45) is 0 Å². The molecule has 0 saturated carbocycles. The molecule has 10 heteroatoms. The Balaban J connectivity index is 1.54. The van der Waals surface area contributed by atoms with Gasteiger partial charge >= 0.3 is 5.97 Å². The molecule has 168 valence electrons. The molecule has 1 heterocycles. The third kappa shape index (κ3) is 6.19. The van der Waals surface area contributed by atoms with Crippen LogP contribution in [-0.2, 0) is 32.6 Å². The van der Waals surface area contributed by atoms with Crippen LogP contribution in [0, 0.1) is 0 Å². The molecule has 0 fully saturated rings. The molecule has 32 heavy (non-hydrogen) atoms. The molecule has 0 bridgehead atoms. The minimum atomic E-state index is -3.79. The molecule has 0 aliphatic rings. The first-order valence-corrected chi connectivity index (χ1v) is 11.5. The number of hydrogen-bond acceptors (Lipinski definition) is 6. The van der Waals surface area contributed by atoms with Crippen molar-refractivity contribution in [1.82, 2.24) is 10.0 Å². The summed E-state index contributed by atoms with van der Waals surface area (Å²) in [6.07, 6.45) is 0.394. The summed E-state index contributed by atoms with van der Waals surface area (Å²) < 4.78 is 37.4. The Morgan fingerprint density at radius 1 is 1.03 bits per heavy atom. The maximum Gasteiger partial charge on any atom is 0.338 e. The van der Waals surface area contributed by atoms with Gasteiger partial charge in [-0.1, -0.05) is 29.8 Å². The molecule has 0 spiro atoms. The minimum Gasteiger partial charge on any atom is -0.468 e. The van der Waals surface area contributed by atoms with Crippen LogP contribution in [0.15, 0.2) is 76.2 Å². The molecule has 2 N–H and O–H groups in total. The van der Waals surface area contributed by atoms with Gasteiger partial charge in [0.25, 0.3) is 5.91 Å². The summed E-state index contributed by atoms with van der Waals surface area (Å²) in [5.74, 6) is -0.770. The number of rotatable bonds is 9. The van der Waals surface area contributed by atoms with Crippen LogP contribution in [0.25, 0.3) is 0 Å². The Hall–Kier alpha value is -3.14. The lowest BCUT2D eigenvalue weighted by molar-refractivity contribution is -0.129. The molecule has 8 nitrogen and oxygen atoms in total. The zero-order valence-electron chi connectivity index (χ0n) is 17.1. The van der Waals surface area contributed by atoms with Crippen molar-refractivity contribution in [3.05, 3.63) is 88.8 Å². The van der Waals surface area contributed by atoms with Crippen LogP contribution in [0.1, 0.15) is 28.6 Å². The van der Waals surface area contributed by atoms with E-state index in [1.165, 1.54) is 37.5 Å². The smallest absolute Gasteiger partial charge is 0.338 e. The monoisotopic (exact) mass is 476 g/mol. The van der Waals surface area contributed by atoms with Crippen LogP contribution in [0.4, 0.5) is 0 Å². The molecule has 0 aliphatic heterocycles. The van der Waals surface area contributed by atoms with Crippen LogP contribution < -0.4 is 10.0 Å². The van der Waals surface area contributed by atoms with Crippen molar-refractivity contribution in [3.63, 3.8) is 0 Å². The lowest BCUT2D eigenvalue weighted by Gasteiger charge is -2.14. The summed E-state index contributed by atoms with van der Waals surface area (Å²) in [5, 5.41) is 3.17. The van der Waals surface area contributed by atoms with Crippen LogP contribution >= 0.6 is 11.6 Å². The van der Waals surface area contributed by atoms with E-state index in [0.29, 0.717) is 10.8 Å². The van der Waals surface area contributed by atoms with Crippen molar-refractivity contribution < 1.29 is 27.2 Å². The maximum atomic E-state index is 12.4. The second-order valence-electron chi connectivity index (χ2n) is 6.79. The molecule has 0 saturated heterocycles. The minimum absolute atomic E-state index is 0.0000534. The first-order chi connectivity index (χ1) is 15.3. The highest BCUT2D eigenvalue weighted by Gasteiger charge is 2.20. The summed E-state index contributed by atoms with van der Waals surface area (Å²) >= 11 is 6.05. The van der Waals surface area contributed by atoms with Crippen molar-refractivity contribution in [2.45, 2.75) is 31.0 Å². The Bertz CT molecular complexity index is 1180. The SMILES string of the molecule is CC(OC(=O)c1ccc(S(=O)(=O)NCc2ccco2)cc1)C(=O)NCc1ccccc1Cl. The highest BCUT2D eigenvalue weighted by Crippen LogP contribution is 2.15. The standard InChI is InChI=1S/C22H21ClN2O6S/c1-15(21(26)24-13-17-5-2-3-7-20(17)23)31-22(27)16-8-10-19(11-9-16)32(28,29)25-14-18-6-4-12-30-18/h2-12,15,25H,13-14H2,1H3,(H,24,26). The summed E-state index contributed by atoms with van der Waals surface area (Å²) in [4.78, 5) is 24.5. The second kappa shape index (κ2) is 10.4. The third-order valence-electron chi connectivity index (χ3n) is 4.48. The average Bonchev–Trinajstić information content (AvgIpc) is 3.31. The maximum absolute atomic E-state index is 12.4. The van der Waals surface area contributed by atoms with Crippen molar-refractivity contribution >= 4 is 33.5 Å². The Kier molecular flexibility index (Phi) is 7.68. The van der Waals surface area contributed by atoms with E-state index >= 15 is 0 Å². The highest BCUT2D eigenvalue weighted by molar-refractivity contribution is 7.89. The lowest BCUT2D eigenvalue weighted by atomic mass is 10.2. The largest absolute Gasteiger partial charge is 0.468 e. The fourth-order valence-electron chi connectivity index (χ4n) is 2.68. The lowest BCUT2D eigenvalue weighted by Crippen LogP contribution is -2.35. The first-order valence-electron chi connectivity index (χ1n) is 9.60. The van der Waals surface area contributed by atoms with Gasteiger partial charge in [0.15, 0.2) is 6.10 Å². The number of carbonyl (C=O) groups is 2. The fraction of sp³-hybridized carbons (Fsp3) is 0.182. The van der Waals surface area contributed by atoms with Crippen molar-refractivity contribution in [1.29, 1.82) is 0 Å². The second-order valence-corrected chi connectivity index (χ2v) is 8.96. The van der Waals surface area contributed by atoms with Gasteiger partial charge in [-0.2, -0.15) is 0 Å². The molecular formula is C22H21ClN2O6S. The normalized spacial score (nSPS) is 12.2. The predicted octanol–water partition coefficient (Wildman–Crippen LogP) is 3.27. The van der Waals surface area contributed by atoms with E-state index in [0.717, 1.165) is 5.56 Å². The molecule has 3 rings (SSSR count). The Labute approximate surface area is 190 Å². The quantitative estimate of drug-likeness (QED) is 0.458. The summed E-state index contributed by atoms with van der Waals surface area (Å²) in [7, 11) is -3.79. The van der Waals surface area contributed by atoms with Gasteiger partial charge < -0.3 is 14.5 Å². The Morgan fingerprint density at radius 2 is 1.75 bits per heavy atom. The van der Waals surface area contributed by atoms with E-state index in [9.17, 15) is 18.0 Å². The van der Waals surface area contributed by atoms with Gasteiger partial charge in [-0.3, -0.25) is 4.79 Å². The van der Waals surface area contributed by atoms with E-state index in [4.69, 9.17) is 20.8 Å². The summed E-state index contributed by atoms with van der Waals surface area (Å²) in [6, 6.07) is 15.6. The van der Waals surface area contributed by atoms with Gasteiger partial charge in [-0.15, -0.1) is 0 Å². The van der Waals surface area contributed by atoms with Crippen LogP contribution in [-0.4, -0.2) is 26.4 Å². The van der Waals surface area contributed by atoms with Gasteiger partial charge in [0, 0.05) is 11.6 Å². The third-order valence-corrected chi connectivity index (χ3v) is 6.27. The van der Waals surface area contributed by atoms with Gasteiger partial charge in [-0.05, 0) is 55.0 Å². The van der Waals surface area contributed by atoms with Crippen molar-refractivity contribution in [3.8, 4) is 0 Å². The van der Waals surface area contributed by atoms with Crippen molar-refractivity contribution in [2.75, 3.05) is 0 Å². The van der Waals surface area contributed by atoms with Gasteiger partial charge in [0.05, 0.1) is 23.3 Å². The molecule has 0 aliphatic carbocycles. The number of sulfonamides is 1. The topological polar surface area (TPSA) is 115 Å². The molecule has 1 amide bonds. The summed E-state index contributed by atoms with van der Waals surface area (Å²) in [6.45, 7) is 1.63. The molecule has 1 aromatic heterocycles. The molecular weight excluding hydrogens is 456 g/mol. The van der Waals surface area contributed by atoms with E-state index in [1.54, 1.807) is 36.4 Å². The zero-order valence-corrected chi connectivity index (χ0v) is 18.7. The first kappa shape index (κ1) is 23.5. The number of nitrogens with one attached hydrogen (secondary N) is 2. The number of halogens is 1. The van der Waals surface area contributed by atoms with Crippen LogP contribution in [0.3, 0.4) is 0 Å². The number of benzene rings is 2. The number of esters is 1. The van der Waals surface area contributed by atoms with E-state index in [2.05, 4.69) is 10.0 Å². The highest BCUT2D eigenvalue weighted by atomic mass is 35.5. The number of furan rings is 1. The van der Waals surface area contributed by atoms with Gasteiger partial charge in [0.1, 0.15) is 5.76 Å². The summed E-state index contributed by atoms with van der Waals surface area (Å²) in [5.41, 5.74) is 0.847. The Morgan fingerprint density at radius 3 is 2.41 bits per heavy atom. The average molecular weight is 477 g/mol. The molecule has 2 aromatic carbocycles. The molecule has 0 radical (unpaired) electrons. The fourth-order valence-corrected chi connectivity index (χ4v) is 3.88. The number of carbonyl (C=O) groups excluding carboxylic acids is 2. The van der Waals surface area contributed by atoms with Crippen LogP contribution in [0.2, 0.25) is 5.02 Å². The number of amides is 1. The number of hydrogen-bond donors (Lipinski definition) is 2. The predicted molar refractivity (Wildman–Crippen MR) is 117 cm³/mol. The van der Waals surface area contributed by atoms with Gasteiger partial charge in [-0.25, -0.2) is 17.9 Å². The van der Waals surface area contributed by atoms with E-state index in [-0.39, 0.29) is 23.5 Å². The van der Waals surface area contributed by atoms with E-state index in [1.807, 2.05) is 0 Å². The molecule has 1 atom stereocenters. The molecule has 1 unspecified atom stereocenters. The van der Waals surface area contributed by atoms with Crippen LogP contribution in [0.5, 0.6) is 0 Å².